The molecule has 1 spiro atoms. The van der Waals surface area contributed by atoms with Crippen LogP contribution in [0.25, 0.3) is 0 Å². The van der Waals surface area contributed by atoms with Gasteiger partial charge in [0.1, 0.15) is 6.33 Å². The molecule has 0 bridgehead atoms. The second-order valence-electron chi connectivity index (χ2n) is 9.79. The number of aromatic nitrogens is 2. The number of anilines is 1. The van der Waals surface area contributed by atoms with Crippen molar-refractivity contribution in [3.8, 4) is 0 Å². The molecule has 188 valence electrons. The number of nitrogens with zero attached hydrogens (tertiary/aromatic N) is 5. The molecule has 35 heavy (non-hydrogen) atoms. The average molecular weight is 481 g/mol. The molecule has 0 unspecified atom stereocenters. The Hall–Kier alpha value is -3.04. The van der Waals surface area contributed by atoms with E-state index in [9.17, 15) is 9.59 Å². The summed E-state index contributed by atoms with van der Waals surface area (Å²) in [5.74, 6) is -0.156. The van der Waals surface area contributed by atoms with Crippen LogP contribution in [0.15, 0.2) is 49.1 Å². The van der Waals surface area contributed by atoms with Crippen molar-refractivity contribution in [2.75, 3.05) is 52.8 Å². The van der Waals surface area contributed by atoms with Crippen molar-refractivity contribution >= 4 is 17.6 Å². The number of urea groups is 1. The Balaban J connectivity index is 1.46. The summed E-state index contributed by atoms with van der Waals surface area (Å²) in [7, 11) is 5.96. The molecule has 1 aromatic carbocycles. The monoisotopic (exact) mass is 480 g/mol. The zero-order valence-electron chi connectivity index (χ0n) is 20.9. The van der Waals surface area contributed by atoms with E-state index < -0.39 is 0 Å². The van der Waals surface area contributed by atoms with Gasteiger partial charge in [-0.3, -0.25) is 9.69 Å². The fraction of sp³-hybridized carbons (Fsp3) is 0.538. The molecule has 9 heteroatoms. The molecule has 1 saturated carbocycles. The molecule has 4 rings (SSSR count). The number of methoxy groups -OCH3 is 1. The summed E-state index contributed by atoms with van der Waals surface area (Å²) in [5.41, 5.74) is 1.59. The highest BCUT2D eigenvalue weighted by Gasteiger charge is 2.54. The summed E-state index contributed by atoms with van der Waals surface area (Å²) in [6.45, 7) is 2.06. The van der Waals surface area contributed by atoms with Crippen molar-refractivity contribution in [1.29, 1.82) is 0 Å². The molecule has 1 aliphatic heterocycles. The Labute approximate surface area is 207 Å². The zero-order valence-corrected chi connectivity index (χ0v) is 20.9. The van der Waals surface area contributed by atoms with Crippen molar-refractivity contribution in [3.63, 3.8) is 0 Å². The van der Waals surface area contributed by atoms with Crippen LogP contribution in [-0.4, -0.2) is 89.6 Å². The number of hydrogen-bond donors (Lipinski definition) is 1. The van der Waals surface area contributed by atoms with Gasteiger partial charge in [-0.25, -0.2) is 14.8 Å². The van der Waals surface area contributed by atoms with Crippen molar-refractivity contribution in [3.05, 3.63) is 54.6 Å². The first kappa shape index (κ1) is 25.1. The highest BCUT2D eigenvalue weighted by molar-refractivity contribution is 5.90. The first-order valence-electron chi connectivity index (χ1n) is 12.2. The predicted molar refractivity (Wildman–Crippen MR) is 134 cm³/mol. The van der Waals surface area contributed by atoms with E-state index in [1.807, 2.05) is 9.80 Å². The number of amides is 3. The normalized spacial score (nSPS) is 24.4. The third-order valence-electron chi connectivity index (χ3n) is 7.71. The molecule has 1 aromatic heterocycles. The Morgan fingerprint density at radius 1 is 1.09 bits per heavy atom. The third-order valence-corrected chi connectivity index (χ3v) is 7.71. The molecule has 1 saturated heterocycles. The lowest BCUT2D eigenvalue weighted by molar-refractivity contribution is -0.116. The molecule has 3 amide bonds. The maximum atomic E-state index is 13.5. The Bertz CT molecular complexity index is 993. The molecule has 1 aliphatic carbocycles. The molecule has 0 atom stereocenters. The Kier molecular flexibility index (Phi) is 7.66. The topological polar surface area (TPSA) is 90.9 Å². The van der Waals surface area contributed by atoms with Gasteiger partial charge in [0, 0.05) is 38.7 Å². The van der Waals surface area contributed by atoms with Gasteiger partial charge in [-0.2, -0.15) is 0 Å². The third kappa shape index (κ3) is 5.16. The summed E-state index contributed by atoms with van der Waals surface area (Å²) in [5, 5.41) is 2.80. The van der Waals surface area contributed by atoms with Crippen LogP contribution in [-0.2, 0) is 15.1 Å². The lowest BCUT2D eigenvalue weighted by Crippen LogP contribution is -2.56. The van der Waals surface area contributed by atoms with Crippen molar-refractivity contribution in [2.24, 2.45) is 0 Å². The van der Waals surface area contributed by atoms with Gasteiger partial charge in [-0.05, 0) is 45.3 Å². The van der Waals surface area contributed by atoms with E-state index in [0.29, 0.717) is 31.9 Å². The molecule has 2 heterocycles. The van der Waals surface area contributed by atoms with Gasteiger partial charge >= 0.3 is 6.03 Å². The van der Waals surface area contributed by atoms with Crippen LogP contribution < -0.4 is 5.32 Å². The quantitative estimate of drug-likeness (QED) is 0.594. The Morgan fingerprint density at radius 2 is 1.77 bits per heavy atom. The highest BCUT2D eigenvalue weighted by Crippen LogP contribution is 2.48. The first-order chi connectivity index (χ1) is 16.9. The van der Waals surface area contributed by atoms with E-state index in [-0.39, 0.29) is 29.4 Å². The van der Waals surface area contributed by atoms with E-state index >= 15 is 0 Å². The molecule has 2 aliphatic rings. The van der Waals surface area contributed by atoms with Crippen molar-refractivity contribution in [2.45, 2.75) is 43.2 Å². The largest absolute Gasteiger partial charge is 0.383 e. The summed E-state index contributed by atoms with van der Waals surface area (Å²) in [4.78, 5) is 39.9. The summed E-state index contributed by atoms with van der Waals surface area (Å²) < 4.78 is 5.34. The zero-order chi connectivity index (χ0) is 24.9. The van der Waals surface area contributed by atoms with Crippen LogP contribution in [0.4, 0.5) is 10.5 Å². The molecule has 1 N–H and O–H groups in total. The summed E-state index contributed by atoms with van der Waals surface area (Å²) in [6, 6.07) is 10.7. The molecule has 2 aromatic rings. The van der Waals surface area contributed by atoms with Crippen LogP contribution in [0.3, 0.4) is 0 Å². The minimum Gasteiger partial charge on any atom is -0.383 e. The smallest absolute Gasteiger partial charge is 0.320 e. The molecule has 2 fully saturated rings. The van der Waals surface area contributed by atoms with Crippen LogP contribution in [0.5, 0.6) is 0 Å². The molecular weight excluding hydrogens is 444 g/mol. The number of ether oxygens (including phenoxy) is 1. The first-order valence-corrected chi connectivity index (χ1v) is 12.2. The summed E-state index contributed by atoms with van der Waals surface area (Å²) >= 11 is 0. The van der Waals surface area contributed by atoms with Gasteiger partial charge in [-0.15, -0.1) is 0 Å². The predicted octanol–water partition coefficient (Wildman–Crippen LogP) is 2.96. The lowest BCUT2D eigenvalue weighted by Gasteiger charge is -2.51. The second-order valence-corrected chi connectivity index (χ2v) is 9.79. The van der Waals surface area contributed by atoms with Gasteiger partial charge in [0.25, 0.3) is 0 Å². The Morgan fingerprint density at radius 3 is 2.40 bits per heavy atom. The van der Waals surface area contributed by atoms with Gasteiger partial charge < -0.3 is 19.9 Å². The lowest BCUT2D eigenvalue weighted by atomic mass is 9.68. The van der Waals surface area contributed by atoms with E-state index in [2.05, 4.69) is 64.6 Å². The van der Waals surface area contributed by atoms with E-state index in [0.717, 1.165) is 25.7 Å². The minimum atomic E-state index is -0.242. The van der Waals surface area contributed by atoms with Gasteiger partial charge in [0.05, 0.1) is 30.2 Å². The van der Waals surface area contributed by atoms with E-state index in [1.54, 1.807) is 19.5 Å². The van der Waals surface area contributed by atoms with E-state index in [4.69, 9.17) is 4.74 Å². The highest BCUT2D eigenvalue weighted by atomic mass is 16.5. The van der Waals surface area contributed by atoms with Crippen LogP contribution in [0.1, 0.15) is 37.7 Å². The number of benzene rings is 1. The van der Waals surface area contributed by atoms with Gasteiger partial charge in [0.15, 0.2) is 0 Å². The van der Waals surface area contributed by atoms with Crippen molar-refractivity contribution < 1.29 is 14.3 Å². The van der Waals surface area contributed by atoms with Gasteiger partial charge in [-0.1, -0.05) is 30.3 Å². The maximum Gasteiger partial charge on any atom is 0.320 e. The number of rotatable bonds is 9. The number of nitrogens with one attached hydrogen (secondary N) is 1. The number of carbonyl (C=O) groups excluding carboxylic acids is 2. The van der Waals surface area contributed by atoms with Crippen molar-refractivity contribution in [1.82, 2.24) is 24.7 Å². The molecule has 0 radical (unpaired) electrons. The number of carbonyl (C=O) groups is 2. The maximum absolute atomic E-state index is 13.5. The molecule has 9 nitrogen and oxygen atoms in total. The van der Waals surface area contributed by atoms with Crippen LogP contribution >= 0.6 is 0 Å². The second kappa shape index (κ2) is 10.7. The van der Waals surface area contributed by atoms with Gasteiger partial charge in [0.2, 0.25) is 5.91 Å². The summed E-state index contributed by atoms with van der Waals surface area (Å²) in [6.07, 6.45) is 8.48. The number of hydrogen-bond acceptors (Lipinski definition) is 6. The SMILES string of the molecule is COCCN1C(=O)N(CCC(=O)Nc2cncnc2)CC12CCC(c1ccccc1)(N(C)C)CC2. The fourth-order valence-corrected chi connectivity index (χ4v) is 5.70. The minimum absolute atomic E-state index is 0.00467. The average Bonchev–Trinajstić information content (AvgIpc) is 3.13. The standard InChI is InChI=1S/C26H36N6O3/c1-30(2)26(21-7-5-4-6-8-21)12-10-25(11-13-26)19-31(24(34)32(25)15-16-35-3)14-9-23(33)29-22-17-27-20-28-18-22/h4-8,17-18,20H,9-16,19H2,1-3H3,(H,29,33). The molecular formula is C26H36N6O3. The fourth-order valence-electron chi connectivity index (χ4n) is 5.70. The van der Waals surface area contributed by atoms with E-state index in [1.165, 1.54) is 11.9 Å². The van der Waals surface area contributed by atoms with Crippen LogP contribution in [0.2, 0.25) is 0 Å². The van der Waals surface area contributed by atoms with Crippen LogP contribution in [0, 0.1) is 0 Å².